The summed E-state index contributed by atoms with van der Waals surface area (Å²) in [7, 11) is 2.46. The van der Waals surface area contributed by atoms with Crippen molar-refractivity contribution in [3.8, 4) is 0 Å². The molecule has 1 spiro atoms. The highest BCUT2D eigenvalue weighted by atomic mass is 15.2. The van der Waals surface area contributed by atoms with E-state index in [1.54, 1.807) is 16.6 Å². The van der Waals surface area contributed by atoms with Gasteiger partial charge in [0.15, 0.2) is 6.71 Å². The summed E-state index contributed by atoms with van der Waals surface area (Å²) in [6.45, 7) is 5.44. The van der Waals surface area contributed by atoms with Crippen molar-refractivity contribution in [1.29, 1.82) is 0 Å². The van der Waals surface area contributed by atoms with Gasteiger partial charge >= 0.3 is 0 Å². The zero-order valence-electron chi connectivity index (χ0n) is 20.0. The maximum absolute atomic E-state index is 4.23. The average molecular weight is 439 g/mol. The number of likely N-dealkylation sites (N-methyl/N-ethyl adjacent to an activating group) is 1. The largest absolute Gasteiger partial charge is 0.316 e. The zero-order chi connectivity index (χ0) is 22.0. The molecule has 0 bridgehead atoms. The molecule has 2 aromatic carbocycles. The summed E-state index contributed by atoms with van der Waals surface area (Å²) in [5.74, 6) is 2.90. The van der Waals surface area contributed by atoms with Crippen molar-refractivity contribution in [3.63, 3.8) is 0 Å². The number of likely N-dealkylation sites (tertiary alicyclic amines) is 1. The van der Waals surface area contributed by atoms with Gasteiger partial charge in [-0.05, 0) is 74.6 Å². The van der Waals surface area contributed by atoms with Crippen molar-refractivity contribution < 1.29 is 0 Å². The van der Waals surface area contributed by atoms with Crippen LogP contribution in [0.5, 0.6) is 0 Å². The van der Waals surface area contributed by atoms with Crippen molar-refractivity contribution in [2.24, 2.45) is 5.92 Å². The summed E-state index contributed by atoms with van der Waals surface area (Å²) in [6.07, 6.45) is 6.75. The second-order valence-electron chi connectivity index (χ2n) is 11.6. The van der Waals surface area contributed by atoms with Crippen molar-refractivity contribution in [2.75, 3.05) is 33.2 Å². The number of hydrogen-bond donors (Lipinski definition) is 2. The van der Waals surface area contributed by atoms with Crippen molar-refractivity contribution in [3.05, 3.63) is 65.7 Å². The van der Waals surface area contributed by atoms with E-state index in [-0.39, 0.29) is 5.41 Å². The van der Waals surface area contributed by atoms with Gasteiger partial charge in [0, 0.05) is 30.0 Å². The maximum Gasteiger partial charge on any atom is 0.185 e. The topological polar surface area (TPSA) is 27.3 Å². The molecule has 4 fully saturated rings. The molecule has 4 heterocycles. The van der Waals surface area contributed by atoms with Gasteiger partial charge in [-0.3, -0.25) is 0 Å². The van der Waals surface area contributed by atoms with Gasteiger partial charge in [0.1, 0.15) is 0 Å². The number of piperidine rings is 3. The molecular weight excluding hydrogens is 401 g/mol. The summed E-state index contributed by atoms with van der Waals surface area (Å²) in [5, 5.41) is 8.01. The van der Waals surface area contributed by atoms with Crippen LogP contribution in [-0.4, -0.2) is 56.9 Å². The van der Waals surface area contributed by atoms with Gasteiger partial charge in [0.2, 0.25) is 0 Å². The van der Waals surface area contributed by atoms with Gasteiger partial charge in [-0.15, -0.1) is 0 Å². The third-order valence-electron chi connectivity index (χ3n) is 10.5. The first-order valence-corrected chi connectivity index (χ1v) is 13.6. The lowest BCUT2D eigenvalue weighted by Crippen LogP contribution is -2.75. The van der Waals surface area contributed by atoms with Gasteiger partial charge in [-0.1, -0.05) is 72.9 Å². The van der Waals surface area contributed by atoms with Crippen LogP contribution in [0.4, 0.5) is 0 Å². The van der Waals surface area contributed by atoms with Crippen LogP contribution < -0.4 is 16.1 Å². The van der Waals surface area contributed by atoms with Crippen LogP contribution in [0, 0.1) is 5.92 Å². The second kappa shape index (κ2) is 7.97. The third-order valence-corrected chi connectivity index (χ3v) is 10.5. The Morgan fingerprint density at radius 1 is 0.909 bits per heavy atom. The Bertz CT molecular complexity index is 1010. The molecular formula is C29H38BN3. The molecule has 0 aromatic heterocycles. The molecule has 7 unspecified atom stereocenters. The van der Waals surface area contributed by atoms with Gasteiger partial charge in [0.25, 0.3) is 0 Å². The molecule has 4 heteroatoms. The highest BCUT2D eigenvalue weighted by Gasteiger charge is 2.68. The van der Waals surface area contributed by atoms with E-state index in [9.17, 15) is 0 Å². The zero-order valence-corrected chi connectivity index (χ0v) is 20.0. The summed E-state index contributed by atoms with van der Waals surface area (Å²) in [5.41, 5.74) is 5.21. The molecule has 7 atom stereocenters. The van der Waals surface area contributed by atoms with E-state index in [1.165, 1.54) is 51.7 Å². The molecule has 1 aliphatic carbocycles. The second-order valence-corrected chi connectivity index (χ2v) is 11.6. The Labute approximate surface area is 199 Å². The van der Waals surface area contributed by atoms with Crippen LogP contribution in [0.2, 0.25) is 11.6 Å². The smallest absolute Gasteiger partial charge is 0.185 e. The lowest BCUT2D eigenvalue weighted by molar-refractivity contribution is 0.00996. The van der Waals surface area contributed by atoms with Crippen molar-refractivity contribution in [1.82, 2.24) is 15.5 Å². The number of rotatable bonds is 1. The van der Waals surface area contributed by atoms with Crippen LogP contribution in [0.3, 0.4) is 0 Å². The van der Waals surface area contributed by atoms with E-state index in [1.807, 2.05) is 0 Å². The number of benzene rings is 2. The average Bonchev–Trinajstić information content (AvgIpc) is 3.16. The summed E-state index contributed by atoms with van der Waals surface area (Å²) < 4.78 is 0. The number of fused-ring (bicyclic) bond motifs is 9. The molecule has 0 amide bonds. The summed E-state index contributed by atoms with van der Waals surface area (Å²) in [6, 6.07) is 22.5. The number of nitrogens with zero attached hydrogens (tertiary/aromatic N) is 1. The van der Waals surface area contributed by atoms with Gasteiger partial charge in [-0.25, -0.2) is 0 Å². The first-order chi connectivity index (χ1) is 16.3. The minimum Gasteiger partial charge on any atom is -0.316 e. The van der Waals surface area contributed by atoms with Crippen LogP contribution in [0.15, 0.2) is 54.6 Å². The fourth-order valence-corrected chi connectivity index (χ4v) is 9.74. The molecule has 33 heavy (non-hydrogen) atoms. The molecule has 0 saturated carbocycles. The molecule has 4 aliphatic heterocycles. The normalized spacial score (nSPS) is 40.1. The molecule has 5 aliphatic rings. The minimum absolute atomic E-state index is 0.236. The molecule has 0 radical (unpaired) electrons. The minimum atomic E-state index is 0.236. The first kappa shape index (κ1) is 20.7. The Morgan fingerprint density at radius 2 is 1.73 bits per heavy atom. The maximum atomic E-state index is 4.23. The van der Waals surface area contributed by atoms with E-state index in [0.717, 1.165) is 24.1 Å². The lowest BCUT2D eigenvalue weighted by Gasteiger charge is -2.65. The van der Waals surface area contributed by atoms with E-state index < -0.39 is 0 Å². The van der Waals surface area contributed by atoms with Gasteiger partial charge in [0.05, 0.1) is 0 Å². The fourth-order valence-electron chi connectivity index (χ4n) is 9.74. The van der Waals surface area contributed by atoms with E-state index in [0.29, 0.717) is 24.7 Å². The monoisotopic (exact) mass is 439 g/mol. The standard InChI is InChI=1S/C29H38BN3/c1-33-18-8-14-26-28(33)29(23-12-6-5-11-21(23)22-19-31-17-15-24(22)29)27-25(13-7-16-32-27)30(26)20-9-3-2-4-10-20/h2-6,9-12,22,24-28,31-32H,7-8,13-19H2,1H3. The van der Waals surface area contributed by atoms with Crippen LogP contribution in [-0.2, 0) is 5.41 Å². The van der Waals surface area contributed by atoms with Crippen molar-refractivity contribution in [2.45, 2.75) is 67.2 Å². The molecule has 172 valence electrons. The third kappa shape index (κ3) is 2.81. The molecule has 2 aromatic rings. The highest BCUT2D eigenvalue weighted by molar-refractivity contribution is 6.76. The quantitative estimate of drug-likeness (QED) is 0.665. The summed E-state index contributed by atoms with van der Waals surface area (Å²) in [4.78, 5) is 2.82. The van der Waals surface area contributed by atoms with Gasteiger partial charge in [-0.2, -0.15) is 0 Å². The summed E-state index contributed by atoms with van der Waals surface area (Å²) >= 11 is 0. The van der Waals surface area contributed by atoms with Gasteiger partial charge < -0.3 is 15.5 Å². The molecule has 2 N–H and O–H groups in total. The number of hydrogen-bond acceptors (Lipinski definition) is 3. The Kier molecular flexibility index (Phi) is 5.01. The van der Waals surface area contributed by atoms with Crippen LogP contribution in [0.1, 0.15) is 49.1 Å². The Morgan fingerprint density at radius 3 is 2.64 bits per heavy atom. The number of nitrogens with one attached hydrogen (secondary N) is 2. The van der Waals surface area contributed by atoms with Crippen molar-refractivity contribution >= 4 is 12.2 Å². The predicted octanol–water partition coefficient (Wildman–Crippen LogP) is 3.63. The molecule has 7 rings (SSSR count). The fraction of sp³-hybridized carbons (Fsp3) is 0.586. The molecule has 4 saturated heterocycles. The van der Waals surface area contributed by atoms with Crippen LogP contribution in [0.25, 0.3) is 0 Å². The Hall–Kier alpha value is -1.62. The Balaban J connectivity index is 1.48. The van der Waals surface area contributed by atoms with E-state index in [4.69, 9.17) is 0 Å². The lowest BCUT2D eigenvalue weighted by atomic mass is 9.21. The first-order valence-electron chi connectivity index (χ1n) is 13.6. The predicted molar refractivity (Wildman–Crippen MR) is 138 cm³/mol. The SMILES string of the molecule is CN1CCCC2B(c3ccccc3)C3CCCNC3C3(c4ccccc4C4CNCCC43)C21. The molecule has 3 nitrogen and oxygen atoms in total. The van der Waals surface area contributed by atoms with E-state index in [2.05, 4.69) is 77.2 Å². The highest BCUT2D eigenvalue weighted by Crippen LogP contribution is 2.65. The van der Waals surface area contributed by atoms with Crippen LogP contribution >= 0.6 is 0 Å². The van der Waals surface area contributed by atoms with E-state index >= 15 is 0 Å².